The van der Waals surface area contributed by atoms with Crippen LogP contribution in [0.3, 0.4) is 0 Å². The number of aryl methyl sites for hydroxylation is 2. The summed E-state index contributed by atoms with van der Waals surface area (Å²) in [6.07, 6.45) is 2.23. The van der Waals surface area contributed by atoms with Gasteiger partial charge in [-0.1, -0.05) is 71.6 Å². The van der Waals surface area contributed by atoms with Crippen molar-refractivity contribution in [3.63, 3.8) is 0 Å². The van der Waals surface area contributed by atoms with Gasteiger partial charge in [-0.3, -0.25) is 0 Å². The number of aromatic nitrogens is 2. The summed E-state index contributed by atoms with van der Waals surface area (Å²) in [7, 11) is -0.825. The van der Waals surface area contributed by atoms with Crippen molar-refractivity contribution in [3.05, 3.63) is 105 Å². The Labute approximate surface area is 234 Å². The van der Waals surface area contributed by atoms with Gasteiger partial charge in [-0.15, -0.1) is 0 Å². The minimum atomic E-state index is -0.825. The van der Waals surface area contributed by atoms with Crippen molar-refractivity contribution in [3.8, 4) is 11.5 Å². The molecule has 0 radical (unpaired) electrons. The van der Waals surface area contributed by atoms with E-state index in [-0.39, 0.29) is 5.92 Å². The molecule has 3 aromatic carbocycles. The van der Waals surface area contributed by atoms with Crippen LogP contribution in [0.15, 0.2) is 78.0 Å². The molecule has 0 saturated heterocycles. The summed E-state index contributed by atoms with van der Waals surface area (Å²) in [5.41, 5.74) is 2.99. The third kappa shape index (κ3) is 7.46. The van der Waals surface area contributed by atoms with Crippen molar-refractivity contribution >= 4 is 56.8 Å². The fourth-order valence-electron chi connectivity index (χ4n) is 3.66. The van der Waals surface area contributed by atoms with E-state index >= 15 is 0 Å². The predicted octanol–water partition coefficient (Wildman–Crippen LogP) is 8.07. The van der Waals surface area contributed by atoms with Crippen LogP contribution >= 0.6 is 45.6 Å². The third-order valence-corrected chi connectivity index (χ3v) is 7.86. The maximum Gasteiger partial charge on any atom is 0.148 e. The van der Waals surface area contributed by atoms with Crippen LogP contribution < -0.4 is 10.1 Å². The lowest BCUT2D eigenvalue weighted by Crippen LogP contribution is -2.15. The number of halogens is 3. The summed E-state index contributed by atoms with van der Waals surface area (Å²) in [6.45, 7) is 4.56. The molecule has 0 aliphatic heterocycles. The molecule has 37 heavy (non-hydrogen) atoms. The van der Waals surface area contributed by atoms with Crippen LogP contribution in [0.25, 0.3) is 0 Å². The van der Waals surface area contributed by atoms with Crippen LogP contribution in [0.2, 0.25) is 15.1 Å². The first-order valence-electron chi connectivity index (χ1n) is 11.7. The van der Waals surface area contributed by atoms with Crippen molar-refractivity contribution in [1.29, 1.82) is 0 Å². The van der Waals surface area contributed by atoms with E-state index in [4.69, 9.17) is 44.1 Å². The summed E-state index contributed by atoms with van der Waals surface area (Å²) < 4.78 is 14.8. The molecule has 1 heterocycles. The standard InChI is InChI=1S/C28H26Cl3N3O2S/c1-3-26-27(31)28(34-17-33-26)32-15-20(16-37(35)25-10-4-18(2)5-11-25)19-6-8-23(9-7-19)36-24-13-21(29)12-22(30)14-24/h4-14,16-17,20,35H,3,15H2,1-2H3,(H,32,33,34)/p+1. The molecule has 0 amide bonds. The van der Waals surface area contributed by atoms with E-state index in [9.17, 15) is 0 Å². The van der Waals surface area contributed by atoms with Crippen LogP contribution in [0.1, 0.15) is 29.7 Å². The van der Waals surface area contributed by atoms with Gasteiger partial charge in [0.15, 0.2) is 0 Å². The van der Waals surface area contributed by atoms with Crippen LogP contribution in [-0.4, -0.2) is 26.4 Å². The number of nitrogens with zero attached hydrogens (tertiary/aromatic N) is 2. The van der Waals surface area contributed by atoms with E-state index in [0.717, 1.165) is 16.2 Å². The number of nitrogens with one attached hydrogen (secondary N) is 1. The Kier molecular flexibility index (Phi) is 9.46. The molecule has 5 nitrogen and oxygen atoms in total. The first-order valence-corrected chi connectivity index (χ1v) is 14.1. The molecular weight excluding hydrogens is 549 g/mol. The molecule has 0 fully saturated rings. The largest absolute Gasteiger partial charge is 0.457 e. The molecule has 4 rings (SSSR count). The molecule has 0 aliphatic rings. The highest BCUT2D eigenvalue weighted by atomic mass is 35.5. The monoisotopic (exact) mass is 574 g/mol. The Hall–Kier alpha value is -2.61. The molecule has 4 aromatic rings. The zero-order valence-corrected chi connectivity index (χ0v) is 23.4. The number of ether oxygens (including phenoxy) is 1. The summed E-state index contributed by atoms with van der Waals surface area (Å²) in [6, 6.07) is 21.0. The molecule has 2 unspecified atom stereocenters. The minimum Gasteiger partial charge on any atom is -0.457 e. The number of anilines is 1. The molecule has 0 saturated carbocycles. The van der Waals surface area contributed by atoms with E-state index in [1.165, 1.54) is 11.9 Å². The van der Waals surface area contributed by atoms with Gasteiger partial charge < -0.3 is 14.6 Å². The van der Waals surface area contributed by atoms with E-state index in [2.05, 4.69) is 15.3 Å². The SMILES string of the molecule is CCc1ncnc(NCC(/C=S(/[OH2+])c2ccc(C)cc2)c2ccc(Oc3cc(Cl)cc(Cl)c3)cc2)c1Cl. The summed E-state index contributed by atoms with van der Waals surface area (Å²) in [5, 5.41) is 6.95. The molecule has 2 atom stereocenters. The van der Waals surface area contributed by atoms with Crippen molar-refractivity contribution in [2.75, 3.05) is 11.9 Å². The Morgan fingerprint density at radius 2 is 1.62 bits per heavy atom. The molecule has 3 N–H and O–H groups in total. The molecule has 1 aromatic heterocycles. The first-order chi connectivity index (χ1) is 17.8. The maximum absolute atomic E-state index is 8.83. The topological polar surface area (TPSA) is 69.9 Å². The van der Waals surface area contributed by atoms with E-state index in [1.54, 1.807) is 18.2 Å². The Balaban J connectivity index is 1.60. The average Bonchev–Trinajstić information content (AvgIpc) is 2.87. The number of rotatable bonds is 9. The smallest absolute Gasteiger partial charge is 0.148 e. The van der Waals surface area contributed by atoms with Crippen LogP contribution in [0, 0.1) is 6.92 Å². The zero-order valence-electron chi connectivity index (χ0n) is 20.3. The minimum absolute atomic E-state index is 0.0899. The van der Waals surface area contributed by atoms with Gasteiger partial charge in [0.25, 0.3) is 0 Å². The second kappa shape index (κ2) is 12.8. The maximum atomic E-state index is 8.83. The Morgan fingerprint density at radius 1 is 0.946 bits per heavy atom. The second-order valence-corrected chi connectivity index (χ2v) is 11.1. The second-order valence-electron chi connectivity index (χ2n) is 8.39. The van der Waals surface area contributed by atoms with Crippen LogP contribution in [-0.2, 0) is 6.42 Å². The van der Waals surface area contributed by atoms with E-state index in [1.807, 2.05) is 67.7 Å². The quantitative estimate of drug-likeness (QED) is 0.162. The van der Waals surface area contributed by atoms with Gasteiger partial charge in [-0.2, -0.15) is 0 Å². The van der Waals surface area contributed by atoms with Gasteiger partial charge in [0, 0.05) is 27.9 Å². The number of benzene rings is 3. The highest BCUT2D eigenvalue weighted by Crippen LogP contribution is 2.31. The van der Waals surface area contributed by atoms with Crippen LogP contribution in [0.5, 0.6) is 11.5 Å². The Bertz CT molecular complexity index is 1380. The van der Waals surface area contributed by atoms with E-state index < -0.39 is 10.8 Å². The van der Waals surface area contributed by atoms with Crippen LogP contribution in [0.4, 0.5) is 5.82 Å². The lowest BCUT2D eigenvalue weighted by atomic mass is 10.0. The highest BCUT2D eigenvalue weighted by molar-refractivity contribution is 8.10. The molecule has 192 valence electrons. The van der Waals surface area contributed by atoms with Gasteiger partial charge >= 0.3 is 0 Å². The lowest BCUT2D eigenvalue weighted by Gasteiger charge is -2.17. The summed E-state index contributed by atoms with van der Waals surface area (Å²) in [5.74, 6) is 1.72. The summed E-state index contributed by atoms with van der Waals surface area (Å²) in [4.78, 5) is 9.52. The Morgan fingerprint density at radius 3 is 2.27 bits per heavy atom. The van der Waals surface area contributed by atoms with Gasteiger partial charge in [0.05, 0.1) is 10.6 Å². The highest BCUT2D eigenvalue weighted by Gasteiger charge is 2.16. The summed E-state index contributed by atoms with van der Waals surface area (Å²) >= 11 is 18.7. The average molecular weight is 576 g/mol. The van der Waals surface area contributed by atoms with E-state index in [0.29, 0.717) is 45.4 Å². The van der Waals surface area contributed by atoms with Crippen molar-refractivity contribution < 1.29 is 9.29 Å². The first kappa shape index (κ1) is 27.4. The molecule has 0 aliphatic carbocycles. The fraction of sp³-hybridized carbons (Fsp3) is 0.179. The lowest BCUT2D eigenvalue weighted by molar-refractivity contribution is 0.482. The van der Waals surface area contributed by atoms with Crippen molar-refractivity contribution in [2.45, 2.75) is 31.1 Å². The zero-order chi connectivity index (χ0) is 26.4. The molecule has 0 bridgehead atoms. The predicted molar refractivity (Wildman–Crippen MR) is 157 cm³/mol. The number of hydrogen-bond donors (Lipinski definition) is 1. The van der Waals surface area contributed by atoms with Crippen molar-refractivity contribution in [1.82, 2.24) is 9.97 Å². The van der Waals surface area contributed by atoms with Crippen molar-refractivity contribution in [2.24, 2.45) is 0 Å². The van der Waals surface area contributed by atoms with Gasteiger partial charge in [0.1, 0.15) is 39.4 Å². The normalized spacial score (nSPS) is 12.8. The molecular formula is C28H27Cl3N3O2S+. The van der Waals surface area contributed by atoms with Gasteiger partial charge in [-0.25, -0.2) is 9.97 Å². The molecule has 9 heteroatoms. The van der Waals surface area contributed by atoms with Gasteiger partial charge in [0.2, 0.25) is 0 Å². The number of hydrogen-bond acceptors (Lipinski definition) is 4. The fourth-order valence-corrected chi connectivity index (χ4v) is 5.63. The molecule has 0 spiro atoms. The third-order valence-electron chi connectivity index (χ3n) is 5.64. The van der Waals surface area contributed by atoms with Gasteiger partial charge in [-0.05, 0) is 61.4 Å².